The Balaban J connectivity index is 2.48. The van der Waals surface area contributed by atoms with E-state index in [9.17, 15) is 4.39 Å². The first-order valence-corrected chi connectivity index (χ1v) is 3.77. The molecule has 2 aromatic rings. The second kappa shape index (κ2) is 3.26. The van der Waals surface area contributed by atoms with Crippen molar-refractivity contribution < 1.29 is 4.39 Å². The quantitative estimate of drug-likeness (QED) is 0.661. The van der Waals surface area contributed by atoms with Crippen LogP contribution in [0.1, 0.15) is 0 Å². The first-order chi connectivity index (χ1) is 6.36. The molecule has 0 unspecified atom stereocenters. The summed E-state index contributed by atoms with van der Waals surface area (Å²) in [7, 11) is 0. The molecule has 3 nitrogen and oxygen atoms in total. The first-order valence-electron chi connectivity index (χ1n) is 3.77. The summed E-state index contributed by atoms with van der Waals surface area (Å²) in [5.41, 5.74) is 1.32. The second-order valence-corrected chi connectivity index (χ2v) is 2.48. The Hall–Kier alpha value is -1.84. The molecule has 0 aliphatic rings. The summed E-state index contributed by atoms with van der Waals surface area (Å²) >= 11 is 0. The van der Waals surface area contributed by atoms with E-state index in [1.807, 2.05) is 30.3 Å². The van der Waals surface area contributed by atoms with Gasteiger partial charge in [-0.25, -0.2) is 0 Å². The maximum absolute atomic E-state index is 12.6. The summed E-state index contributed by atoms with van der Waals surface area (Å²) in [5.74, 6) is 0. The van der Waals surface area contributed by atoms with Gasteiger partial charge in [0.15, 0.2) is 0 Å². The molecule has 1 heterocycles. The van der Waals surface area contributed by atoms with Gasteiger partial charge in [-0.2, -0.15) is 14.5 Å². The minimum Gasteiger partial charge on any atom is -0.199 e. The predicted octanol–water partition coefficient (Wildman–Crippen LogP) is 1.68. The molecule has 1 aromatic heterocycles. The normalized spacial score (nSPS) is 9.92. The van der Waals surface area contributed by atoms with Crippen molar-refractivity contribution in [3.8, 4) is 11.3 Å². The zero-order valence-corrected chi connectivity index (χ0v) is 6.68. The fourth-order valence-corrected chi connectivity index (χ4v) is 1.03. The van der Waals surface area contributed by atoms with Gasteiger partial charge in [-0.1, -0.05) is 35.4 Å². The fourth-order valence-electron chi connectivity index (χ4n) is 1.03. The van der Waals surface area contributed by atoms with Crippen molar-refractivity contribution >= 4 is 0 Å². The summed E-state index contributed by atoms with van der Waals surface area (Å²) < 4.78 is 12.6. The summed E-state index contributed by atoms with van der Waals surface area (Å²) in [6.45, 7) is 0. The summed E-state index contributed by atoms with van der Waals surface area (Å²) in [6, 6.07) is 9.27. The Bertz CT molecular complexity index is 403. The summed E-state index contributed by atoms with van der Waals surface area (Å²) in [6.07, 6.45) is 0.625. The molecule has 0 bridgehead atoms. The number of benzene rings is 1. The molecule has 0 aliphatic heterocycles. The standard InChI is InChI=1S/C9H6FN3/c10-9-12-8(6-11-13-9)7-4-2-1-3-5-7/h1-6H. The van der Waals surface area contributed by atoms with Gasteiger partial charge in [-0.3, -0.25) is 0 Å². The maximum Gasteiger partial charge on any atom is 0.327 e. The van der Waals surface area contributed by atoms with E-state index in [1.165, 1.54) is 6.20 Å². The van der Waals surface area contributed by atoms with Gasteiger partial charge >= 0.3 is 6.08 Å². The number of aromatic nitrogens is 3. The van der Waals surface area contributed by atoms with Gasteiger partial charge in [-0.05, 0) is 0 Å². The van der Waals surface area contributed by atoms with Crippen LogP contribution in [0.25, 0.3) is 11.3 Å². The molecule has 13 heavy (non-hydrogen) atoms. The van der Waals surface area contributed by atoms with E-state index >= 15 is 0 Å². The highest BCUT2D eigenvalue weighted by atomic mass is 19.1. The van der Waals surface area contributed by atoms with E-state index in [0.717, 1.165) is 5.56 Å². The Morgan fingerprint density at radius 1 is 1.08 bits per heavy atom. The van der Waals surface area contributed by atoms with Crippen molar-refractivity contribution in [3.63, 3.8) is 0 Å². The van der Waals surface area contributed by atoms with Crippen LogP contribution in [0.3, 0.4) is 0 Å². The van der Waals surface area contributed by atoms with Crippen LogP contribution in [-0.2, 0) is 0 Å². The highest BCUT2D eigenvalue weighted by Crippen LogP contribution is 2.13. The van der Waals surface area contributed by atoms with E-state index in [4.69, 9.17) is 0 Å². The average molecular weight is 175 g/mol. The Morgan fingerprint density at radius 3 is 2.54 bits per heavy atom. The molecule has 4 heteroatoms. The Morgan fingerprint density at radius 2 is 1.85 bits per heavy atom. The number of rotatable bonds is 1. The number of halogens is 1. The van der Waals surface area contributed by atoms with Gasteiger partial charge in [0.1, 0.15) is 0 Å². The first kappa shape index (κ1) is 7.79. The molecule has 0 saturated heterocycles. The van der Waals surface area contributed by atoms with Gasteiger partial charge in [0.2, 0.25) is 0 Å². The molecule has 0 atom stereocenters. The van der Waals surface area contributed by atoms with Crippen LogP contribution in [-0.4, -0.2) is 15.2 Å². The maximum atomic E-state index is 12.6. The summed E-state index contributed by atoms with van der Waals surface area (Å²) in [4.78, 5) is 3.60. The lowest BCUT2D eigenvalue weighted by atomic mass is 10.2. The van der Waals surface area contributed by atoms with Crippen LogP contribution < -0.4 is 0 Å². The highest BCUT2D eigenvalue weighted by Gasteiger charge is 2.00. The van der Waals surface area contributed by atoms with E-state index < -0.39 is 6.08 Å². The Labute approximate surface area is 74.3 Å². The number of nitrogens with zero attached hydrogens (tertiary/aromatic N) is 3. The molecule has 0 radical (unpaired) electrons. The van der Waals surface area contributed by atoms with E-state index in [2.05, 4.69) is 15.2 Å². The molecular formula is C9H6FN3. The number of hydrogen-bond acceptors (Lipinski definition) is 3. The topological polar surface area (TPSA) is 38.7 Å². The van der Waals surface area contributed by atoms with E-state index in [-0.39, 0.29) is 0 Å². The van der Waals surface area contributed by atoms with Crippen LogP contribution in [0.5, 0.6) is 0 Å². The molecule has 0 saturated carbocycles. The lowest BCUT2D eigenvalue weighted by Crippen LogP contribution is -1.94. The molecule has 2 rings (SSSR count). The van der Waals surface area contributed by atoms with Gasteiger partial charge in [0, 0.05) is 5.56 Å². The lowest BCUT2D eigenvalue weighted by molar-refractivity contribution is 0.520. The smallest absolute Gasteiger partial charge is 0.199 e. The van der Waals surface area contributed by atoms with Crippen LogP contribution in [0.4, 0.5) is 4.39 Å². The largest absolute Gasteiger partial charge is 0.327 e. The molecule has 64 valence electrons. The van der Waals surface area contributed by atoms with Crippen LogP contribution in [0.15, 0.2) is 36.5 Å². The third-order valence-electron chi connectivity index (χ3n) is 1.60. The van der Waals surface area contributed by atoms with Gasteiger partial charge in [-0.15, -0.1) is 0 Å². The van der Waals surface area contributed by atoms with Crippen molar-refractivity contribution in [2.24, 2.45) is 0 Å². The van der Waals surface area contributed by atoms with E-state index in [0.29, 0.717) is 5.69 Å². The molecule has 0 aliphatic carbocycles. The third-order valence-corrected chi connectivity index (χ3v) is 1.60. The average Bonchev–Trinajstić information content (AvgIpc) is 2.19. The van der Waals surface area contributed by atoms with Crippen LogP contribution in [0.2, 0.25) is 0 Å². The molecular weight excluding hydrogens is 169 g/mol. The van der Waals surface area contributed by atoms with Crippen molar-refractivity contribution in [1.82, 2.24) is 15.2 Å². The van der Waals surface area contributed by atoms with Gasteiger partial charge < -0.3 is 0 Å². The molecule has 0 N–H and O–H groups in total. The lowest BCUT2D eigenvalue weighted by Gasteiger charge is -1.97. The van der Waals surface area contributed by atoms with Crippen molar-refractivity contribution in [2.75, 3.05) is 0 Å². The van der Waals surface area contributed by atoms with Crippen molar-refractivity contribution in [3.05, 3.63) is 42.6 Å². The zero-order valence-electron chi connectivity index (χ0n) is 6.68. The minimum atomic E-state index is -0.804. The molecule has 0 amide bonds. The molecule has 0 fully saturated rings. The van der Waals surface area contributed by atoms with Gasteiger partial charge in [0.25, 0.3) is 0 Å². The van der Waals surface area contributed by atoms with Gasteiger partial charge in [0.05, 0.1) is 11.9 Å². The molecule has 1 aromatic carbocycles. The van der Waals surface area contributed by atoms with Crippen molar-refractivity contribution in [1.29, 1.82) is 0 Å². The third kappa shape index (κ3) is 1.66. The monoisotopic (exact) mass is 175 g/mol. The highest BCUT2D eigenvalue weighted by molar-refractivity contribution is 5.56. The fraction of sp³-hybridized carbons (Fsp3) is 0. The number of hydrogen-bond donors (Lipinski definition) is 0. The van der Waals surface area contributed by atoms with Crippen LogP contribution in [0, 0.1) is 6.08 Å². The van der Waals surface area contributed by atoms with E-state index in [1.54, 1.807) is 0 Å². The minimum absolute atomic E-state index is 0.494. The van der Waals surface area contributed by atoms with Crippen LogP contribution >= 0.6 is 0 Å². The predicted molar refractivity (Wildman–Crippen MR) is 45.2 cm³/mol. The SMILES string of the molecule is Fc1nncc(-c2ccccc2)n1. The molecule has 0 spiro atoms. The van der Waals surface area contributed by atoms with Crippen molar-refractivity contribution in [2.45, 2.75) is 0 Å². The Kier molecular flexibility index (Phi) is 1.96. The second-order valence-electron chi connectivity index (χ2n) is 2.48. The zero-order chi connectivity index (χ0) is 9.10. The summed E-state index contributed by atoms with van der Waals surface area (Å²) in [5, 5.41) is 6.61.